The molecule has 6 nitrogen and oxygen atoms in total. The van der Waals surface area contributed by atoms with E-state index in [4.69, 9.17) is 9.47 Å². The first-order valence-corrected chi connectivity index (χ1v) is 7.65. The summed E-state index contributed by atoms with van der Waals surface area (Å²) in [5.41, 5.74) is 0.394. The van der Waals surface area contributed by atoms with Crippen LogP contribution in [0.25, 0.3) is 0 Å². The molecule has 1 aromatic rings. The van der Waals surface area contributed by atoms with Crippen molar-refractivity contribution >= 4 is 33.8 Å². The minimum atomic E-state index is -0.801. The van der Waals surface area contributed by atoms with Gasteiger partial charge in [-0.3, -0.25) is 9.59 Å². The van der Waals surface area contributed by atoms with Gasteiger partial charge in [0.15, 0.2) is 6.10 Å². The highest BCUT2D eigenvalue weighted by molar-refractivity contribution is 9.10. The Morgan fingerprint density at radius 1 is 1.17 bits per heavy atom. The summed E-state index contributed by atoms with van der Waals surface area (Å²) in [6.07, 6.45) is 2.11. The number of hydrogen-bond acceptors (Lipinski definition) is 6. The zero-order valence-electron chi connectivity index (χ0n) is 12.7. The third kappa shape index (κ3) is 7.10. The SMILES string of the molecule is COC(=O)C(Br)/C=C/[C@@H](COC(=O)c1ccccc1)OC(C)=O. The average Bonchev–Trinajstić information content (AvgIpc) is 2.56. The Labute approximate surface area is 142 Å². The van der Waals surface area contributed by atoms with Crippen molar-refractivity contribution < 1.29 is 28.6 Å². The molecule has 0 aromatic heterocycles. The Kier molecular flexibility index (Phi) is 8.04. The fraction of sp³-hybridized carbons (Fsp3) is 0.312. The van der Waals surface area contributed by atoms with Crippen LogP contribution in [0.4, 0.5) is 0 Å². The number of ether oxygens (including phenoxy) is 3. The maximum Gasteiger partial charge on any atom is 0.338 e. The number of methoxy groups -OCH3 is 1. The topological polar surface area (TPSA) is 78.9 Å². The van der Waals surface area contributed by atoms with Crippen molar-refractivity contribution in [3.8, 4) is 0 Å². The van der Waals surface area contributed by atoms with Gasteiger partial charge in [0.1, 0.15) is 11.4 Å². The van der Waals surface area contributed by atoms with Crippen LogP contribution in [-0.4, -0.2) is 42.6 Å². The van der Waals surface area contributed by atoms with E-state index in [0.717, 1.165) is 0 Å². The second-order valence-corrected chi connectivity index (χ2v) is 5.41. The molecule has 1 aromatic carbocycles. The quantitative estimate of drug-likeness (QED) is 0.310. The predicted octanol–water partition coefficient (Wildman–Crippen LogP) is 2.27. The first-order valence-electron chi connectivity index (χ1n) is 6.73. The molecule has 2 atom stereocenters. The van der Waals surface area contributed by atoms with Gasteiger partial charge >= 0.3 is 17.9 Å². The largest absolute Gasteiger partial charge is 0.468 e. The number of alkyl halides is 1. The number of hydrogen-bond donors (Lipinski definition) is 0. The number of halogens is 1. The van der Waals surface area contributed by atoms with Gasteiger partial charge in [0.2, 0.25) is 0 Å². The van der Waals surface area contributed by atoms with Crippen molar-refractivity contribution in [2.24, 2.45) is 0 Å². The smallest absolute Gasteiger partial charge is 0.338 e. The van der Waals surface area contributed by atoms with Crippen LogP contribution in [0.1, 0.15) is 17.3 Å². The molecule has 124 valence electrons. The molecule has 0 spiro atoms. The van der Waals surface area contributed by atoms with Gasteiger partial charge in [-0.2, -0.15) is 0 Å². The lowest BCUT2D eigenvalue weighted by Crippen LogP contribution is -2.23. The van der Waals surface area contributed by atoms with E-state index in [0.29, 0.717) is 5.56 Å². The fourth-order valence-corrected chi connectivity index (χ4v) is 1.93. The van der Waals surface area contributed by atoms with Crippen molar-refractivity contribution in [2.45, 2.75) is 17.9 Å². The van der Waals surface area contributed by atoms with Gasteiger partial charge in [0.25, 0.3) is 0 Å². The Morgan fingerprint density at radius 2 is 1.83 bits per heavy atom. The number of carbonyl (C=O) groups is 3. The molecule has 0 radical (unpaired) electrons. The molecule has 7 heteroatoms. The van der Waals surface area contributed by atoms with E-state index in [1.807, 2.05) is 0 Å². The summed E-state index contributed by atoms with van der Waals surface area (Å²) in [4.78, 5) is 33.6. The van der Waals surface area contributed by atoms with Crippen LogP contribution < -0.4 is 0 Å². The van der Waals surface area contributed by atoms with E-state index in [1.165, 1.54) is 26.2 Å². The summed E-state index contributed by atoms with van der Waals surface area (Å²) in [6.45, 7) is 1.08. The predicted molar refractivity (Wildman–Crippen MR) is 86.1 cm³/mol. The molecule has 0 saturated heterocycles. The molecule has 1 unspecified atom stereocenters. The van der Waals surface area contributed by atoms with Crippen LogP contribution in [0.3, 0.4) is 0 Å². The standard InChI is InChI=1S/C16H17BrO6/c1-11(18)23-13(8-9-14(17)16(20)21-2)10-22-15(19)12-6-4-3-5-7-12/h3-9,13-14H,10H2,1-2H3/b9-8+/t13-,14?/m0/s1. The molecule has 23 heavy (non-hydrogen) atoms. The van der Waals surface area contributed by atoms with Gasteiger partial charge in [-0.1, -0.05) is 40.2 Å². The molecular weight excluding hydrogens is 368 g/mol. The molecule has 0 aliphatic rings. The third-order valence-corrected chi connectivity index (χ3v) is 3.31. The van der Waals surface area contributed by atoms with E-state index >= 15 is 0 Å². The maximum absolute atomic E-state index is 11.9. The Morgan fingerprint density at radius 3 is 2.39 bits per heavy atom. The summed E-state index contributed by atoms with van der Waals surface area (Å²) in [5, 5.41) is 0. The van der Waals surface area contributed by atoms with Gasteiger partial charge < -0.3 is 14.2 Å². The summed E-state index contributed by atoms with van der Waals surface area (Å²) in [6, 6.07) is 8.44. The zero-order valence-corrected chi connectivity index (χ0v) is 14.3. The first-order chi connectivity index (χ1) is 10.9. The Bertz CT molecular complexity index is 569. The van der Waals surface area contributed by atoms with E-state index < -0.39 is 28.8 Å². The van der Waals surface area contributed by atoms with Crippen LogP contribution in [-0.2, 0) is 23.8 Å². The molecule has 0 N–H and O–H groups in total. The summed E-state index contributed by atoms with van der Waals surface area (Å²) < 4.78 is 14.7. The molecule has 0 bridgehead atoms. The molecule has 0 aliphatic heterocycles. The van der Waals surface area contributed by atoms with Gasteiger partial charge in [-0.15, -0.1) is 0 Å². The van der Waals surface area contributed by atoms with Gasteiger partial charge in [0, 0.05) is 6.92 Å². The Balaban J connectivity index is 2.64. The number of carbonyl (C=O) groups excluding carboxylic acids is 3. The van der Waals surface area contributed by atoms with Crippen LogP contribution in [0.2, 0.25) is 0 Å². The highest BCUT2D eigenvalue weighted by Gasteiger charge is 2.16. The molecule has 0 heterocycles. The monoisotopic (exact) mass is 384 g/mol. The minimum Gasteiger partial charge on any atom is -0.468 e. The highest BCUT2D eigenvalue weighted by atomic mass is 79.9. The lowest BCUT2D eigenvalue weighted by molar-refractivity contribution is -0.145. The first kappa shape index (κ1) is 18.9. The van der Waals surface area contributed by atoms with Crippen LogP contribution in [0.5, 0.6) is 0 Å². The van der Waals surface area contributed by atoms with E-state index in [9.17, 15) is 14.4 Å². The van der Waals surface area contributed by atoms with E-state index in [2.05, 4.69) is 20.7 Å². The molecule has 0 aliphatic carbocycles. The second kappa shape index (κ2) is 9.78. The van der Waals surface area contributed by atoms with Gasteiger partial charge in [0.05, 0.1) is 12.7 Å². The summed E-state index contributed by atoms with van der Waals surface area (Å²) in [7, 11) is 1.26. The summed E-state index contributed by atoms with van der Waals surface area (Å²) >= 11 is 3.11. The number of esters is 3. The maximum atomic E-state index is 11.9. The normalized spacial score (nSPS) is 13.2. The molecular formula is C16H17BrO6. The average molecular weight is 385 g/mol. The summed E-state index contributed by atoms with van der Waals surface area (Å²) in [5.74, 6) is -1.55. The molecule has 0 fully saturated rings. The number of rotatable bonds is 7. The van der Waals surface area contributed by atoms with Gasteiger partial charge in [-0.05, 0) is 18.2 Å². The third-order valence-electron chi connectivity index (χ3n) is 2.63. The lowest BCUT2D eigenvalue weighted by atomic mass is 10.2. The number of benzene rings is 1. The van der Waals surface area contributed by atoms with Crippen molar-refractivity contribution in [1.82, 2.24) is 0 Å². The van der Waals surface area contributed by atoms with Crippen LogP contribution in [0.15, 0.2) is 42.5 Å². The van der Waals surface area contributed by atoms with Crippen LogP contribution >= 0.6 is 15.9 Å². The van der Waals surface area contributed by atoms with Crippen molar-refractivity contribution in [2.75, 3.05) is 13.7 Å². The van der Waals surface area contributed by atoms with Gasteiger partial charge in [-0.25, -0.2) is 4.79 Å². The van der Waals surface area contributed by atoms with Crippen LogP contribution in [0, 0.1) is 0 Å². The molecule has 1 rings (SSSR count). The lowest BCUT2D eigenvalue weighted by Gasteiger charge is -2.14. The van der Waals surface area contributed by atoms with Crippen molar-refractivity contribution in [1.29, 1.82) is 0 Å². The second-order valence-electron chi connectivity index (χ2n) is 4.42. The zero-order chi connectivity index (χ0) is 17.2. The molecule has 0 amide bonds. The van der Waals surface area contributed by atoms with Crippen molar-refractivity contribution in [3.63, 3.8) is 0 Å². The van der Waals surface area contributed by atoms with Crippen molar-refractivity contribution in [3.05, 3.63) is 48.0 Å². The minimum absolute atomic E-state index is 0.162. The highest BCUT2D eigenvalue weighted by Crippen LogP contribution is 2.08. The molecule has 0 saturated carbocycles. The van der Waals surface area contributed by atoms with E-state index in [-0.39, 0.29) is 6.61 Å². The van der Waals surface area contributed by atoms with E-state index in [1.54, 1.807) is 30.3 Å². The Hall–Kier alpha value is -2.15. The fourth-order valence-electron chi connectivity index (χ4n) is 1.57.